The van der Waals surface area contributed by atoms with E-state index < -0.39 is 11.6 Å². The van der Waals surface area contributed by atoms with E-state index in [0.717, 1.165) is 18.8 Å². The molecular weight excluding hydrogens is 326 g/mol. The maximum absolute atomic E-state index is 12.2. The van der Waals surface area contributed by atoms with Crippen molar-refractivity contribution in [3.05, 3.63) is 11.1 Å². The Bertz CT molecular complexity index is 590. The SMILES string of the molecule is CCOC(=O)/C(=N\OC(C)(C)C1CCC(C)CC1)c1csc(N)n1. The average Bonchev–Trinajstić information content (AvgIpc) is 2.94. The second-order valence-electron chi connectivity index (χ2n) is 6.88. The second-order valence-corrected chi connectivity index (χ2v) is 7.77. The fourth-order valence-electron chi connectivity index (χ4n) is 2.98. The molecule has 7 heteroatoms. The zero-order valence-corrected chi connectivity index (χ0v) is 15.7. The number of hydrogen-bond donors (Lipinski definition) is 1. The molecule has 2 N–H and O–H groups in total. The summed E-state index contributed by atoms with van der Waals surface area (Å²) in [5.74, 6) is 0.644. The Kier molecular flexibility index (Phi) is 6.21. The molecule has 1 heterocycles. The highest BCUT2D eigenvalue weighted by atomic mass is 32.1. The predicted molar refractivity (Wildman–Crippen MR) is 96.0 cm³/mol. The lowest BCUT2D eigenvalue weighted by atomic mass is 9.75. The van der Waals surface area contributed by atoms with Crippen LogP contribution in [0.1, 0.15) is 59.1 Å². The van der Waals surface area contributed by atoms with E-state index in [1.807, 2.05) is 13.8 Å². The zero-order valence-electron chi connectivity index (χ0n) is 14.9. The highest BCUT2D eigenvalue weighted by Gasteiger charge is 2.35. The monoisotopic (exact) mass is 353 g/mol. The van der Waals surface area contributed by atoms with Crippen LogP contribution in [0.3, 0.4) is 0 Å². The van der Waals surface area contributed by atoms with E-state index in [1.54, 1.807) is 12.3 Å². The summed E-state index contributed by atoms with van der Waals surface area (Å²) in [6.07, 6.45) is 4.63. The third kappa shape index (κ3) is 4.69. The minimum absolute atomic E-state index is 0.0713. The first-order chi connectivity index (χ1) is 11.3. The molecule has 1 aromatic heterocycles. The van der Waals surface area contributed by atoms with E-state index in [-0.39, 0.29) is 12.3 Å². The zero-order chi connectivity index (χ0) is 17.7. The number of nitrogens with zero attached hydrogens (tertiary/aromatic N) is 2. The third-order valence-electron chi connectivity index (χ3n) is 4.60. The minimum atomic E-state index is -0.545. The molecule has 0 bridgehead atoms. The lowest BCUT2D eigenvalue weighted by Gasteiger charge is -2.36. The normalized spacial score (nSPS) is 22.2. The number of hydrogen-bond acceptors (Lipinski definition) is 7. The van der Waals surface area contributed by atoms with Gasteiger partial charge in [0.05, 0.1) is 6.61 Å². The summed E-state index contributed by atoms with van der Waals surface area (Å²) in [4.78, 5) is 22.1. The number of nitrogens with two attached hydrogens (primary N) is 1. The Morgan fingerprint density at radius 2 is 2.08 bits per heavy atom. The van der Waals surface area contributed by atoms with Gasteiger partial charge < -0.3 is 15.3 Å². The van der Waals surface area contributed by atoms with Crippen LogP contribution in [0, 0.1) is 11.8 Å². The molecule has 0 aromatic carbocycles. The van der Waals surface area contributed by atoms with Gasteiger partial charge in [0.15, 0.2) is 5.13 Å². The first kappa shape index (κ1) is 18.7. The quantitative estimate of drug-likeness (QED) is 0.479. The number of carbonyl (C=O) groups is 1. The van der Waals surface area contributed by atoms with Crippen LogP contribution in [0.4, 0.5) is 5.13 Å². The number of carbonyl (C=O) groups excluding carboxylic acids is 1. The van der Waals surface area contributed by atoms with E-state index in [1.165, 1.54) is 24.2 Å². The molecule has 0 amide bonds. The molecule has 0 saturated heterocycles. The lowest BCUT2D eigenvalue weighted by molar-refractivity contribution is -0.135. The van der Waals surface area contributed by atoms with Crippen molar-refractivity contribution in [3.8, 4) is 0 Å². The lowest BCUT2D eigenvalue weighted by Crippen LogP contribution is -2.36. The standard InChI is InChI=1S/C17H27N3O3S/c1-5-22-15(21)14(13-10-24-16(18)19-13)20-23-17(3,4)12-8-6-11(2)7-9-12/h10-12H,5-9H2,1-4H3,(H2,18,19)/b20-14-. The Hall–Kier alpha value is -1.63. The molecule has 0 spiro atoms. The molecule has 0 aliphatic heterocycles. The van der Waals surface area contributed by atoms with Crippen LogP contribution in [0.2, 0.25) is 0 Å². The van der Waals surface area contributed by atoms with Gasteiger partial charge in [-0.1, -0.05) is 24.9 Å². The molecule has 1 aliphatic rings. The fourth-order valence-corrected chi connectivity index (χ4v) is 3.53. The maximum Gasteiger partial charge on any atom is 0.362 e. The summed E-state index contributed by atoms with van der Waals surface area (Å²) in [5, 5.41) is 6.18. The van der Waals surface area contributed by atoms with Crippen LogP contribution in [0.25, 0.3) is 0 Å². The number of aromatic nitrogens is 1. The minimum Gasteiger partial charge on any atom is -0.461 e. The Balaban J connectivity index is 2.15. The van der Waals surface area contributed by atoms with E-state index in [2.05, 4.69) is 17.1 Å². The maximum atomic E-state index is 12.2. The van der Waals surface area contributed by atoms with Gasteiger partial charge in [-0.15, -0.1) is 11.3 Å². The smallest absolute Gasteiger partial charge is 0.362 e. The van der Waals surface area contributed by atoms with Crippen LogP contribution < -0.4 is 5.73 Å². The highest BCUT2D eigenvalue weighted by molar-refractivity contribution is 7.13. The van der Waals surface area contributed by atoms with E-state index in [9.17, 15) is 4.79 Å². The van der Waals surface area contributed by atoms with Crippen LogP contribution >= 0.6 is 11.3 Å². The Morgan fingerprint density at radius 1 is 1.42 bits per heavy atom. The van der Waals surface area contributed by atoms with Crippen LogP contribution in [-0.4, -0.2) is 28.9 Å². The molecule has 1 aromatic rings. The molecule has 2 rings (SSSR count). The largest absolute Gasteiger partial charge is 0.461 e. The fraction of sp³-hybridized carbons (Fsp3) is 0.706. The van der Waals surface area contributed by atoms with Crippen LogP contribution in [0.15, 0.2) is 10.5 Å². The summed E-state index contributed by atoms with van der Waals surface area (Å²) in [6, 6.07) is 0. The number of nitrogen functional groups attached to an aromatic ring is 1. The molecule has 1 fully saturated rings. The molecule has 1 saturated carbocycles. The first-order valence-electron chi connectivity index (χ1n) is 8.48. The molecule has 0 unspecified atom stereocenters. The van der Waals surface area contributed by atoms with Crippen LogP contribution in [-0.2, 0) is 14.4 Å². The summed E-state index contributed by atoms with van der Waals surface area (Å²) in [5.41, 5.74) is 5.68. The third-order valence-corrected chi connectivity index (χ3v) is 5.28. The Labute approximate surface area is 147 Å². The first-order valence-corrected chi connectivity index (χ1v) is 9.36. The van der Waals surface area contributed by atoms with Crippen molar-refractivity contribution in [2.45, 2.75) is 59.0 Å². The molecular formula is C17H27N3O3S. The molecule has 6 nitrogen and oxygen atoms in total. The van der Waals surface area contributed by atoms with Gasteiger partial charge in [-0.05, 0) is 39.5 Å². The molecule has 0 radical (unpaired) electrons. The van der Waals surface area contributed by atoms with Crippen molar-refractivity contribution in [3.63, 3.8) is 0 Å². The van der Waals surface area contributed by atoms with E-state index >= 15 is 0 Å². The number of esters is 1. The summed E-state index contributed by atoms with van der Waals surface area (Å²) in [7, 11) is 0. The molecule has 1 aliphatic carbocycles. The average molecular weight is 353 g/mol. The molecule has 134 valence electrons. The van der Waals surface area contributed by atoms with Gasteiger partial charge in [0.1, 0.15) is 11.3 Å². The number of rotatable bonds is 6. The van der Waals surface area contributed by atoms with Crippen molar-refractivity contribution in [2.75, 3.05) is 12.3 Å². The topological polar surface area (TPSA) is 86.8 Å². The van der Waals surface area contributed by atoms with Crippen molar-refractivity contribution < 1.29 is 14.4 Å². The summed E-state index contributed by atoms with van der Waals surface area (Å²) in [6.45, 7) is 8.35. The van der Waals surface area contributed by atoms with Gasteiger partial charge >= 0.3 is 5.97 Å². The summed E-state index contributed by atoms with van der Waals surface area (Å²) >= 11 is 1.25. The number of thiazole rings is 1. The van der Waals surface area contributed by atoms with E-state index in [0.29, 0.717) is 16.7 Å². The van der Waals surface area contributed by atoms with Gasteiger partial charge in [0, 0.05) is 11.3 Å². The second kappa shape index (κ2) is 7.96. The van der Waals surface area contributed by atoms with Gasteiger partial charge in [-0.3, -0.25) is 0 Å². The van der Waals surface area contributed by atoms with Crippen molar-refractivity contribution >= 4 is 28.1 Å². The van der Waals surface area contributed by atoms with Gasteiger partial charge in [-0.25, -0.2) is 9.78 Å². The highest BCUT2D eigenvalue weighted by Crippen LogP contribution is 2.37. The van der Waals surface area contributed by atoms with Gasteiger partial charge in [-0.2, -0.15) is 0 Å². The predicted octanol–water partition coefficient (Wildman–Crippen LogP) is 3.61. The number of ether oxygens (including phenoxy) is 1. The van der Waals surface area contributed by atoms with Crippen LogP contribution in [0.5, 0.6) is 0 Å². The van der Waals surface area contributed by atoms with Crippen molar-refractivity contribution in [2.24, 2.45) is 17.0 Å². The van der Waals surface area contributed by atoms with Crippen molar-refractivity contribution in [1.29, 1.82) is 0 Å². The van der Waals surface area contributed by atoms with Gasteiger partial charge in [0.2, 0.25) is 5.71 Å². The number of anilines is 1. The Morgan fingerprint density at radius 3 is 2.62 bits per heavy atom. The van der Waals surface area contributed by atoms with Crippen molar-refractivity contribution in [1.82, 2.24) is 4.98 Å². The van der Waals surface area contributed by atoms with E-state index in [4.69, 9.17) is 15.3 Å². The number of oxime groups is 1. The molecule has 0 atom stereocenters. The summed E-state index contributed by atoms with van der Waals surface area (Å²) < 4.78 is 5.07. The molecule has 24 heavy (non-hydrogen) atoms. The van der Waals surface area contributed by atoms with Gasteiger partial charge in [0.25, 0.3) is 0 Å².